The van der Waals surface area contributed by atoms with Crippen LogP contribution in [0.1, 0.15) is 48.9 Å². The highest BCUT2D eigenvalue weighted by Crippen LogP contribution is 2.37. The zero-order chi connectivity index (χ0) is 20.3. The number of fused-ring (bicyclic) bond motifs is 1. The Hall–Kier alpha value is -2.82. The van der Waals surface area contributed by atoms with Crippen molar-refractivity contribution in [1.82, 2.24) is 5.32 Å². The van der Waals surface area contributed by atoms with E-state index in [2.05, 4.69) is 50.4 Å². The second-order valence-corrected chi connectivity index (χ2v) is 8.09. The zero-order valence-electron chi connectivity index (χ0n) is 16.6. The number of hydrogen-bond donors (Lipinski definition) is 2. The van der Waals surface area contributed by atoms with Crippen LogP contribution in [0.25, 0.3) is 0 Å². The van der Waals surface area contributed by atoms with E-state index in [9.17, 15) is 9.59 Å². The second kappa shape index (κ2) is 8.05. The van der Waals surface area contributed by atoms with Gasteiger partial charge in [-0.3, -0.25) is 9.59 Å². The van der Waals surface area contributed by atoms with Gasteiger partial charge in [0.05, 0.1) is 6.42 Å². The normalized spacial score (nSPS) is 17.9. The van der Waals surface area contributed by atoms with Gasteiger partial charge in [-0.05, 0) is 41.2 Å². The van der Waals surface area contributed by atoms with E-state index in [1.807, 2.05) is 18.2 Å². The summed E-state index contributed by atoms with van der Waals surface area (Å²) in [5.41, 5.74) is 4.20. The van der Waals surface area contributed by atoms with Gasteiger partial charge in [0.2, 0.25) is 5.91 Å². The van der Waals surface area contributed by atoms with Crippen molar-refractivity contribution in [3.8, 4) is 5.75 Å². The van der Waals surface area contributed by atoms with Crippen LogP contribution in [-0.2, 0) is 28.9 Å². The molecule has 5 heteroatoms. The first-order chi connectivity index (χ1) is 13.2. The van der Waals surface area contributed by atoms with Crippen molar-refractivity contribution >= 4 is 11.9 Å². The smallest absolute Gasteiger partial charge is 0.322 e. The minimum Gasteiger partial charge on any atom is -0.487 e. The lowest BCUT2D eigenvalue weighted by atomic mass is 9.90. The fraction of sp³-hybridized carbons (Fsp3) is 0.391. The monoisotopic (exact) mass is 381 g/mol. The van der Waals surface area contributed by atoms with Crippen molar-refractivity contribution in [3.63, 3.8) is 0 Å². The Kier molecular flexibility index (Phi) is 5.73. The van der Waals surface area contributed by atoms with Crippen molar-refractivity contribution in [2.45, 2.75) is 51.6 Å². The average molecular weight is 381 g/mol. The number of carboxylic acids is 1. The molecule has 2 aromatic rings. The summed E-state index contributed by atoms with van der Waals surface area (Å²) in [7, 11) is 0. The van der Waals surface area contributed by atoms with Gasteiger partial charge in [0.1, 0.15) is 17.9 Å². The van der Waals surface area contributed by atoms with Gasteiger partial charge in [-0.1, -0.05) is 50.2 Å². The van der Waals surface area contributed by atoms with Gasteiger partial charge in [-0.15, -0.1) is 0 Å². The molecule has 0 saturated heterocycles. The van der Waals surface area contributed by atoms with Gasteiger partial charge < -0.3 is 15.2 Å². The van der Waals surface area contributed by atoms with E-state index >= 15 is 0 Å². The van der Waals surface area contributed by atoms with Crippen LogP contribution in [0.3, 0.4) is 0 Å². The van der Waals surface area contributed by atoms with E-state index in [0.29, 0.717) is 5.92 Å². The third-order valence-electron chi connectivity index (χ3n) is 5.07. The molecule has 1 atom stereocenters. The third kappa shape index (κ3) is 4.91. The van der Waals surface area contributed by atoms with E-state index < -0.39 is 5.97 Å². The summed E-state index contributed by atoms with van der Waals surface area (Å²) >= 11 is 0. The molecule has 3 rings (SSSR count). The van der Waals surface area contributed by atoms with Crippen molar-refractivity contribution in [2.75, 3.05) is 6.54 Å². The maximum atomic E-state index is 11.9. The van der Waals surface area contributed by atoms with E-state index in [-0.39, 0.29) is 24.5 Å². The van der Waals surface area contributed by atoms with Crippen molar-refractivity contribution in [2.24, 2.45) is 0 Å². The Morgan fingerprint density at radius 3 is 2.46 bits per heavy atom. The molecule has 148 valence electrons. The van der Waals surface area contributed by atoms with Crippen LogP contribution in [0.2, 0.25) is 0 Å². The minimum absolute atomic E-state index is 0.161. The lowest BCUT2D eigenvalue weighted by molar-refractivity contribution is -0.137. The molecule has 0 saturated carbocycles. The van der Waals surface area contributed by atoms with Gasteiger partial charge in [0.15, 0.2) is 0 Å². The first-order valence-corrected chi connectivity index (χ1v) is 9.62. The van der Waals surface area contributed by atoms with E-state index in [1.54, 1.807) is 0 Å². The number of aliphatic carboxylic acids is 1. The number of carbonyl (C=O) groups excluding carboxylic acids is 1. The molecule has 5 nitrogen and oxygen atoms in total. The van der Waals surface area contributed by atoms with Crippen LogP contribution in [0.4, 0.5) is 0 Å². The molecule has 0 radical (unpaired) electrons. The van der Waals surface area contributed by atoms with Gasteiger partial charge >= 0.3 is 5.97 Å². The molecule has 2 aromatic carbocycles. The molecule has 28 heavy (non-hydrogen) atoms. The third-order valence-corrected chi connectivity index (χ3v) is 5.07. The van der Waals surface area contributed by atoms with Crippen LogP contribution in [-0.4, -0.2) is 29.1 Å². The van der Waals surface area contributed by atoms with Crippen LogP contribution in [0.5, 0.6) is 5.75 Å². The summed E-state index contributed by atoms with van der Waals surface area (Å²) in [6.45, 7) is 6.13. The highest BCUT2D eigenvalue weighted by Gasteiger charge is 2.35. The van der Waals surface area contributed by atoms with E-state index in [4.69, 9.17) is 9.84 Å². The summed E-state index contributed by atoms with van der Waals surface area (Å²) < 4.78 is 6.24. The fourth-order valence-electron chi connectivity index (χ4n) is 3.66. The Morgan fingerprint density at radius 2 is 1.82 bits per heavy atom. The number of ether oxygens (including phenoxy) is 1. The molecule has 1 aliphatic rings. The number of nitrogens with one attached hydrogen (secondary N) is 1. The van der Waals surface area contributed by atoms with Crippen molar-refractivity contribution in [1.29, 1.82) is 0 Å². The van der Waals surface area contributed by atoms with Crippen LogP contribution in [0.15, 0.2) is 42.5 Å². The van der Waals surface area contributed by atoms with Crippen molar-refractivity contribution in [3.05, 3.63) is 64.7 Å². The first-order valence-electron chi connectivity index (χ1n) is 9.62. The standard InChI is InChI=1S/C23H27NO4/c1-15(2)18-7-4-16(5-8-18)12-23(3)13-19-10-17(6-9-20(19)28-23)11-21(25)24-14-22(26)27/h4-10,15H,11-14H2,1-3H3,(H,24,25)(H,26,27)/t23-/m0/s1. The van der Waals surface area contributed by atoms with Crippen LogP contribution >= 0.6 is 0 Å². The first kappa shape index (κ1) is 19.9. The Bertz CT molecular complexity index is 873. The highest BCUT2D eigenvalue weighted by molar-refractivity contribution is 5.82. The molecule has 1 aliphatic heterocycles. The summed E-state index contributed by atoms with van der Waals surface area (Å²) in [5, 5.41) is 11.0. The topological polar surface area (TPSA) is 75.6 Å². The summed E-state index contributed by atoms with van der Waals surface area (Å²) in [6, 6.07) is 14.5. The number of amides is 1. The van der Waals surface area contributed by atoms with E-state index in [0.717, 1.165) is 29.7 Å². The predicted molar refractivity (Wildman–Crippen MR) is 108 cm³/mol. The molecule has 1 heterocycles. The summed E-state index contributed by atoms with van der Waals surface area (Å²) in [6.07, 6.45) is 1.75. The molecular weight excluding hydrogens is 354 g/mol. The lowest BCUT2D eigenvalue weighted by Gasteiger charge is -2.24. The molecule has 0 fully saturated rings. The van der Waals surface area contributed by atoms with Crippen LogP contribution < -0.4 is 10.1 Å². The Labute approximate surface area is 165 Å². The highest BCUT2D eigenvalue weighted by atomic mass is 16.5. The fourth-order valence-corrected chi connectivity index (χ4v) is 3.66. The summed E-state index contributed by atoms with van der Waals surface area (Å²) in [4.78, 5) is 22.4. The summed E-state index contributed by atoms with van der Waals surface area (Å²) in [5.74, 6) is 0.0286. The second-order valence-electron chi connectivity index (χ2n) is 8.09. The maximum Gasteiger partial charge on any atom is 0.322 e. The number of rotatable bonds is 7. The van der Waals surface area contributed by atoms with Gasteiger partial charge in [-0.25, -0.2) is 0 Å². The van der Waals surface area contributed by atoms with Gasteiger partial charge in [0.25, 0.3) is 0 Å². The number of benzene rings is 2. The Morgan fingerprint density at radius 1 is 1.14 bits per heavy atom. The molecule has 0 spiro atoms. The van der Waals surface area contributed by atoms with Crippen LogP contribution in [0, 0.1) is 0 Å². The quantitative estimate of drug-likeness (QED) is 0.770. The Balaban J connectivity index is 1.64. The molecule has 2 N–H and O–H groups in total. The van der Waals surface area contributed by atoms with Gasteiger partial charge in [-0.2, -0.15) is 0 Å². The molecule has 0 aromatic heterocycles. The predicted octanol–water partition coefficient (Wildman–Crippen LogP) is 3.49. The molecule has 0 unspecified atom stereocenters. The molecule has 0 aliphatic carbocycles. The molecular formula is C23H27NO4. The number of carbonyl (C=O) groups is 2. The zero-order valence-corrected chi connectivity index (χ0v) is 16.6. The van der Waals surface area contributed by atoms with Crippen molar-refractivity contribution < 1.29 is 19.4 Å². The minimum atomic E-state index is -1.05. The molecule has 1 amide bonds. The number of carboxylic acid groups (broad SMARTS) is 1. The van der Waals surface area contributed by atoms with E-state index in [1.165, 1.54) is 11.1 Å². The molecule has 0 bridgehead atoms. The lowest BCUT2D eigenvalue weighted by Crippen LogP contribution is -2.32. The SMILES string of the molecule is CC(C)c1ccc(C[C@@]2(C)Cc3cc(CC(=O)NCC(=O)O)ccc3O2)cc1. The average Bonchev–Trinajstić information content (AvgIpc) is 2.95. The maximum absolute atomic E-state index is 11.9. The van der Waals surface area contributed by atoms with Gasteiger partial charge in [0, 0.05) is 12.8 Å². The largest absolute Gasteiger partial charge is 0.487 e. The number of hydrogen-bond acceptors (Lipinski definition) is 3.